The van der Waals surface area contributed by atoms with Gasteiger partial charge in [-0.2, -0.15) is 0 Å². The van der Waals surface area contributed by atoms with Gasteiger partial charge < -0.3 is 14.2 Å². The monoisotopic (exact) mass is 196 g/mol. The minimum absolute atomic E-state index is 0.148. The summed E-state index contributed by atoms with van der Waals surface area (Å²) in [6.45, 7) is 0.163. The smallest absolute Gasteiger partial charge is 0.271 e. The van der Waals surface area contributed by atoms with Gasteiger partial charge in [0, 0.05) is 12.4 Å². The summed E-state index contributed by atoms with van der Waals surface area (Å²) >= 11 is 3.27. The van der Waals surface area contributed by atoms with Gasteiger partial charge in [0.25, 0.3) is 6.48 Å². The molecule has 1 aliphatic rings. The Morgan fingerprint density at radius 2 is 2.56 bits per heavy atom. The van der Waals surface area contributed by atoms with Crippen LogP contribution < -0.4 is 0 Å². The van der Waals surface area contributed by atoms with Crippen LogP contribution in [0.4, 0.5) is 0 Å². The lowest BCUT2D eigenvalue weighted by molar-refractivity contribution is -0.221. The average molecular weight is 197 g/mol. The molecule has 1 rings (SSSR count). The summed E-state index contributed by atoms with van der Waals surface area (Å²) < 4.78 is 15.0. The largest absolute Gasteiger partial charge is 0.333 e. The molecular weight excluding hydrogens is 188 g/mol. The second-order valence-electron chi connectivity index (χ2n) is 1.77. The third-order valence-electron chi connectivity index (χ3n) is 1.09. The highest BCUT2D eigenvalue weighted by Gasteiger charge is 2.24. The molecule has 2 atom stereocenters. The van der Waals surface area contributed by atoms with E-state index in [2.05, 4.69) is 15.9 Å². The second kappa shape index (κ2) is 3.51. The molecule has 0 aromatic heterocycles. The van der Waals surface area contributed by atoms with E-state index in [4.69, 9.17) is 14.2 Å². The lowest BCUT2D eigenvalue weighted by Gasteiger charge is -2.05. The molecule has 54 valence electrons. The second-order valence-corrected chi connectivity index (χ2v) is 2.42. The molecule has 0 radical (unpaired) electrons. The first kappa shape index (κ1) is 7.47. The lowest BCUT2D eigenvalue weighted by Crippen LogP contribution is -2.14. The molecule has 0 amide bonds. The molecule has 0 aromatic rings. The standard InChI is InChI=1S/C5H9BrO3/c1-7-5-8-3-4(2-6)9-5/h4-5H,2-3H2,1H3. The van der Waals surface area contributed by atoms with E-state index >= 15 is 0 Å². The van der Waals surface area contributed by atoms with Crippen molar-refractivity contribution >= 4 is 15.9 Å². The first-order valence-corrected chi connectivity index (χ1v) is 3.84. The molecule has 2 unspecified atom stereocenters. The SMILES string of the molecule is COC1OCC(CBr)O1. The van der Waals surface area contributed by atoms with Gasteiger partial charge in [-0.15, -0.1) is 0 Å². The van der Waals surface area contributed by atoms with Gasteiger partial charge in [0.2, 0.25) is 0 Å². The van der Waals surface area contributed by atoms with E-state index in [1.165, 1.54) is 0 Å². The molecule has 0 bridgehead atoms. The molecule has 1 fully saturated rings. The fourth-order valence-corrected chi connectivity index (χ4v) is 0.966. The van der Waals surface area contributed by atoms with Crippen LogP contribution >= 0.6 is 15.9 Å². The molecule has 0 spiro atoms. The Bertz CT molecular complexity index is 78.3. The van der Waals surface area contributed by atoms with Crippen molar-refractivity contribution in [2.24, 2.45) is 0 Å². The van der Waals surface area contributed by atoms with Crippen LogP contribution in [0.15, 0.2) is 0 Å². The fraction of sp³-hybridized carbons (Fsp3) is 1.00. The van der Waals surface area contributed by atoms with E-state index in [-0.39, 0.29) is 6.10 Å². The molecule has 0 aliphatic carbocycles. The summed E-state index contributed by atoms with van der Waals surface area (Å²) in [6, 6.07) is 0. The maximum Gasteiger partial charge on any atom is 0.271 e. The molecule has 3 nitrogen and oxygen atoms in total. The summed E-state index contributed by atoms with van der Waals surface area (Å²) in [6.07, 6.45) is 0.148. The number of ether oxygens (including phenoxy) is 3. The van der Waals surface area contributed by atoms with Crippen molar-refractivity contribution in [3.63, 3.8) is 0 Å². The van der Waals surface area contributed by atoms with Crippen molar-refractivity contribution in [3.8, 4) is 0 Å². The Hall–Kier alpha value is 0.360. The van der Waals surface area contributed by atoms with Gasteiger partial charge in [-0.3, -0.25) is 0 Å². The van der Waals surface area contributed by atoms with Crippen LogP contribution in [0.3, 0.4) is 0 Å². The quantitative estimate of drug-likeness (QED) is 0.610. The zero-order valence-electron chi connectivity index (χ0n) is 5.17. The predicted molar refractivity (Wildman–Crippen MR) is 35.4 cm³/mol. The van der Waals surface area contributed by atoms with Crippen molar-refractivity contribution in [3.05, 3.63) is 0 Å². The van der Waals surface area contributed by atoms with Gasteiger partial charge in [0.05, 0.1) is 12.7 Å². The lowest BCUT2D eigenvalue weighted by atomic mass is 10.5. The van der Waals surface area contributed by atoms with Crippen molar-refractivity contribution in [2.75, 3.05) is 19.0 Å². The summed E-state index contributed by atoms with van der Waals surface area (Å²) in [4.78, 5) is 0. The summed E-state index contributed by atoms with van der Waals surface area (Å²) in [5.41, 5.74) is 0. The van der Waals surface area contributed by atoms with Crippen LogP contribution in [-0.4, -0.2) is 31.6 Å². The number of hydrogen-bond donors (Lipinski definition) is 0. The Morgan fingerprint density at radius 3 is 2.89 bits per heavy atom. The third-order valence-corrected chi connectivity index (χ3v) is 1.81. The van der Waals surface area contributed by atoms with Gasteiger partial charge >= 0.3 is 0 Å². The summed E-state index contributed by atoms with van der Waals surface area (Å²) in [7, 11) is 1.56. The number of methoxy groups -OCH3 is 1. The molecule has 0 aromatic carbocycles. The summed E-state index contributed by atoms with van der Waals surface area (Å²) in [5.74, 6) is 0. The van der Waals surface area contributed by atoms with Crippen LogP contribution in [0.25, 0.3) is 0 Å². The molecular formula is C5H9BrO3. The summed E-state index contributed by atoms with van der Waals surface area (Å²) in [5, 5.41) is 0.798. The van der Waals surface area contributed by atoms with Crippen LogP contribution in [0.2, 0.25) is 0 Å². The normalized spacial score (nSPS) is 35.3. The number of alkyl halides is 1. The van der Waals surface area contributed by atoms with E-state index in [1.54, 1.807) is 7.11 Å². The molecule has 1 heterocycles. The van der Waals surface area contributed by atoms with Crippen LogP contribution in [0, 0.1) is 0 Å². The van der Waals surface area contributed by atoms with Crippen molar-refractivity contribution in [1.82, 2.24) is 0 Å². The highest BCUT2D eigenvalue weighted by Crippen LogP contribution is 2.12. The Morgan fingerprint density at radius 1 is 1.78 bits per heavy atom. The Balaban J connectivity index is 2.20. The van der Waals surface area contributed by atoms with E-state index < -0.39 is 6.48 Å². The number of halogens is 1. The van der Waals surface area contributed by atoms with Gasteiger partial charge in [0.1, 0.15) is 0 Å². The average Bonchev–Trinajstić information content (AvgIpc) is 2.34. The number of rotatable bonds is 2. The topological polar surface area (TPSA) is 27.7 Å². The molecule has 0 N–H and O–H groups in total. The van der Waals surface area contributed by atoms with Crippen LogP contribution in [0.1, 0.15) is 0 Å². The number of hydrogen-bond acceptors (Lipinski definition) is 3. The molecule has 1 saturated heterocycles. The molecule has 4 heteroatoms. The van der Waals surface area contributed by atoms with Gasteiger partial charge in [-0.05, 0) is 0 Å². The van der Waals surface area contributed by atoms with Crippen LogP contribution in [-0.2, 0) is 14.2 Å². The maximum atomic E-state index is 5.17. The van der Waals surface area contributed by atoms with E-state index in [0.29, 0.717) is 6.61 Å². The van der Waals surface area contributed by atoms with E-state index in [0.717, 1.165) is 5.33 Å². The zero-order chi connectivity index (χ0) is 6.69. The van der Waals surface area contributed by atoms with Crippen molar-refractivity contribution in [2.45, 2.75) is 12.6 Å². The molecule has 0 saturated carbocycles. The first-order chi connectivity index (χ1) is 4.36. The first-order valence-electron chi connectivity index (χ1n) is 2.72. The third kappa shape index (κ3) is 1.89. The maximum absolute atomic E-state index is 5.17. The Labute approximate surface area is 62.4 Å². The highest BCUT2D eigenvalue weighted by atomic mass is 79.9. The minimum Gasteiger partial charge on any atom is -0.333 e. The fourth-order valence-electron chi connectivity index (χ4n) is 0.626. The van der Waals surface area contributed by atoms with Crippen LogP contribution in [0.5, 0.6) is 0 Å². The van der Waals surface area contributed by atoms with Gasteiger partial charge in [-0.25, -0.2) is 0 Å². The predicted octanol–water partition coefficient (Wildman–Crippen LogP) is 0.727. The van der Waals surface area contributed by atoms with Gasteiger partial charge in [0.15, 0.2) is 0 Å². The van der Waals surface area contributed by atoms with E-state index in [9.17, 15) is 0 Å². The molecule has 9 heavy (non-hydrogen) atoms. The van der Waals surface area contributed by atoms with Gasteiger partial charge in [-0.1, -0.05) is 15.9 Å². The minimum atomic E-state index is -0.451. The molecule has 1 aliphatic heterocycles. The highest BCUT2D eigenvalue weighted by molar-refractivity contribution is 9.09. The zero-order valence-corrected chi connectivity index (χ0v) is 6.76. The van der Waals surface area contributed by atoms with E-state index in [1.807, 2.05) is 0 Å². The van der Waals surface area contributed by atoms with Crippen molar-refractivity contribution < 1.29 is 14.2 Å². The van der Waals surface area contributed by atoms with Crippen molar-refractivity contribution in [1.29, 1.82) is 0 Å². The Kier molecular flexibility index (Phi) is 2.91.